The lowest BCUT2D eigenvalue weighted by molar-refractivity contribution is 0.0679. The van der Waals surface area contributed by atoms with Crippen LogP contribution in [-0.4, -0.2) is 22.7 Å². The zero-order valence-corrected chi connectivity index (χ0v) is 8.29. The topological polar surface area (TPSA) is 79.4 Å². The lowest BCUT2D eigenvalue weighted by Crippen LogP contribution is -2.26. The third-order valence-electron chi connectivity index (χ3n) is 2.60. The highest BCUT2D eigenvalue weighted by Gasteiger charge is 2.22. The van der Waals surface area contributed by atoms with Gasteiger partial charge in [0.1, 0.15) is 5.56 Å². The molecule has 2 N–H and O–H groups in total. The number of rotatable bonds is 1. The molecular weight excluding hydrogens is 198 g/mol. The standard InChI is InChI=1S/C10H11NO4/c1-5-6-2-3-15-4-7(6)8(10(13)14)9(12)11-5/h2-4H2,1H3,(H,11,12)(H,13,14). The van der Waals surface area contributed by atoms with Crippen LogP contribution >= 0.6 is 0 Å². The second-order valence-corrected chi connectivity index (χ2v) is 3.52. The lowest BCUT2D eigenvalue weighted by atomic mass is 9.98. The van der Waals surface area contributed by atoms with Crippen molar-refractivity contribution in [2.45, 2.75) is 20.0 Å². The van der Waals surface area contributed by atoms with Gasteiger partial charge < -0.3 is 14.8 Å². The van der Waals surface area contributed by atoms with Crippen molar-refractivity contribution in [2.24, 2.45) is 0 Å². The van der Waals surface area contributed by atoms with E-state index in [-0.39, 0.29) is 12.2 Å². The van der Waals surface area contributed by atoms with E-state index in [1.165, 1.54) is 0 Å². The van der Waals surface area contributed by atoms with Crippen molar-refractivity contribution in [2.75, 3.05) is 6.61 Å². The second-order valence-electron chi connectivity index (χ2n) is 3.52. The number of aromatic amines is 1. The number of aryl methyl sites for hydroxylation is 1. The number of hydrogen-bond donors (Lipinski definition) is 2. The lowest BCUT2D eigenvalue weighted by Gasteiger charge is -2.19. The first-order chi connectivity index (χ1) is 7.11. The van der Waals surface area contributed by atoms with Crippen LogP contribution < -0.4 is 5.56 Å². The third kappa shape index (κ3) is 1.55. The van der Waals surface area contributed by atoms with E-state index in [9.17, 15) is 9.59 Å². The molecule has 0 saturated heterocycles. The Balaban J connectivity index is 2.74. The largest absolute Gasteiger partial charge is 0.477 e. The predicted octanol–water partition coefficient (Wildman–Crippen LogP) is 0.454. The molecule has 0 amide bonds. The van der Waals surface area contributed by atoms with Crippen LogP contribution in [0.5, 0.6) is 0 Å². The number of hydrogen-bond acceptors (Lipinski definition) is 3. The molecule has 0 unspecified atom stereocenters. The number of nitrogens with one attached hydrogen (secondary N) is 1. The van der Waals surface area contributed by atoms with Crippen LogP contribution in [0.1, 0.15) is 27.2 Å². The Morgan fingerprint density at radius 1 is 1.47 bits per heavy atom. The van der Waals surface area contributed by atoms with Crippen molar-refractivity contribution in [3.63, 3.8) is 0 Å². The Bertz CT molecular complexity index is 475. The van der Waals surface area contributed by atoms with Gasteiger partial charge in [-0.25, -0.2) is 4.79 Å². The highest BCUT2D eigenvalue weighted by atomic mass is 16.5. The molecule has 1 aromatic heterocycles. The fourth-order valence-electron chi connectivity index (χ4n) is 1.89. The number of carbonyl (C=O) groups is 1. The van der Waals surface area contributed by atoms with E-state index in [1.807, 2.05) is 0 Å². The van der Waals surface area contributed by atoms with Crippen molar-refractivity contribution >= 4 is 5.97 Å². The highest BCUT2D eigenvalue weighted by molar-refractivity contribution is 5.89. The van der Waals surface area contributed by atoms with Crippen LogP contribution in [0.25, 0.3) is 0 Å². The molecule has 0 atom stereocenters. The van der Waals surface area contributed by atoms with Crippen molar-refractivity contribution in [1.82, 2.24) is 4.98 Å². The van der Waals surface area contributed by atoms with Crippen LogP contribution in [0.15, 0.2) is 4.79 Å². The minimum absolute atomic E-state index is 0.185. The van der Waals surface area contributed by atoms with E-state index in [2.05, 4.69) is 4.98 Å². The van der Waals surface area contributed by atoms with Gasteiger partial charge in [-0.15, -0.1) is 0 Å². The summed E-state index contributed by atoms with van der Waals surface area (Å²) in [5.74, 6) is -1.20. The first-order valence-electron chi connectivity index (χ1n) is 4.67. The molecule has 0 radical (unpaired) electrons. The molecular formula is C10H11NO4. The molecule has 2 rings (SSSR count). The van der Waals surface area contributed by atoms with Crippen LogP contribution in [0, 0.1) is 6.92 Å². The summed E-state index contributed by atoms with van der Waals surface area (Å²) in [5.41, 5.74) is 1.43. The van der Waals surface area contributed by atoms with Gasteiger partial charge in [0.15, 0.2) is 0 Å². The summed E-state index contributed by atoms with van der Waals surface area (Å²) in [5, 5.41) is 8.94. The summed E-state index contributed by atoms with van der Waals surface area (Å²) < 4.78 is 5.18. The Morgan fingerprint density at radius 2 is 2.20 bits per heavy atom. The van der Waals surface area contributed by atoms with E-state index >= 15 is 0 Å². The Labute approximate surface area is 85.7 Å². The minimum atomic E-state index is -1.20. The molecule has 0 fully saturated rings. The molecule has 0 bridgehead atoms. The molecule has 0 saturated carbocycles. The molecule has 80 valence electrons. The number of carboxylic acids is 1. The summed E-state index contributed by atoms with van der Waals surface area (Å²) in [7, 11) is 0. The number of H-pyrrole nitrogens is 1. The van der Waals surface area contributed by atoms with Crippen LogP contribution in [0.4, 0.5) is 0 Å². The van der Waals surface area contributed by atoms with Crippen LogP contribution in [0.3, 0.4) is 0 Å². The van der Waals surface area contributed by atoms with Crippen molar-refractivity contribution < 1.29 is 14.6 Å². The maximum Gasteiger partial charge on any atom is 0.341 e. The average molecular weight is 209 g/mol. The van der Waals surface area contributed by atoms with E-state index in [0.29, 0.717) is 18.6 Å². The molecule has 1 aliphatic heterocycles. The monoisotopic (exact) mass is 209 g/mol. The van der Waals surface area contributed by atoms with E-state index in [0.717, 1.165) is 11.3 Å². The van der Waals surface area contributed by atoms with Gasteiger partial charge in [0, 0.05) is 11.3 Å². The maximum atomic E-state index is 11.5. The third-order valence-corrected chi connectivity index (χ3v) is 2.60. The SMILES string of the molecule is Cc1[nH]c(=O)c(C(=O)O)c2c1CCOC2. The first-order valence-corrected chi connectivity index (χ1v) is 4.67. The zero-order valence-electron chi connectivity index (χ0n) is 8.29. The van der Waals surface area contributed by atoms with Crippen LogP contribution in [0.2, 0.25) is 0 Å². The predicted molar refractivity (Wildman–Crippen MR) is 52.1 cm³/mol. The molecule has 0 spiro atoms. The van der Waals surface area contributed by atoms with Gasteiger partial charge in [-0.3, -0.25) is 4.79 Å². The van der Waals surface area contributed by atoms with Crippen molar-refractivity contribution in [1.29, 1.82) is 0 Å². The van der Waals surface area contributed by atoms with E-state index in [4.69, 9.17) is 9.84 Å². The second kappa shape index (κ2) is 3.51. The summed E-state index contributed by atoms with van der Waals surface area (Å²) >= 11 is 0. The molecule has 5 nitrogen and oxygen atoms in total. The van der Waals surface area contributed by atoms with Gasteiger partial charge >= 0.3 is 5.97 Å². The van der Waals surface area contributed by atoms with Gasteiger partial charge in [0.25, 0.3) is 5.56 Å². The summed E-state index contributed by atoms with van der Waals surface area (Å²) in [6.07, 6.45) is 0.651. The number of aromatic carboxylic acids is 1. The number of ether oxygens (including phenoxy) is 1. The van der Waals surface area contributed by atoms with Gasteiger partial charge in [0.05, 0.1) is 13.2 Å². The summed E-state index contributed by atoms with van der Waals surface area (Å²) in [6, 6.07) is 0. The normalized spacial score (nSPS) is 14.7. The molecule has 1 aliphatic rings. The Kier molecular flexibility index (Phi) is 2.32. The number of carboxylic acid groups (broad SMARTS) is 1. The van der Waals surface area contributed by atoms with Crippen LogP contribution in [-0.2, 0) is 17.8 Å². The summed E-state index contributed by atoms with van der Waals surface area (Å²) in [6.45, 7) is 2.55. The fraction of sp³-hybridized carbons (Fsp3) is 0.400. The minimum Gasteiger partial charge on any atom is -0.477 e. The van der Waals surface area contributed by atoms with Gasteiger partial charge in [-0.2, -0.15) is 0 Å². The van der Waals surface area contributed by atoms with E-state index in [1.54, 1.807) is 6.92 Å². The fourth-order valence-corrected chi connectivity index (χ4v) is 1.89. The quantitative estimate of drug-likeness (QED) is 0.704. The molecule has 0 aromatic carbocycles. The molecule has 15 heavy (non-hydrogen) atoms. The summed E-state index contributed by atoms with van der Waals surface area (Å²) in [4.78, 5) is 24.9. The molecule has 0 aliphatic carbocycles. The average Bonchev–Trinajstić information content (AvgIpc) is 2.17. The number of aromatic nitrogens is 1. The zero-order chi connectivity index (χ0) is 11.0. The smallest absolute Gasteiger partial charge is 0.341 e. The molecule has 5 heteroatoms. The van der Waals surface area contributed by atoms with E-state index < -0.39 is 11.5 Å². The van der Waals surface area contributed by atoms with Gasteiger partial charge in [0.2, 0.25) is 0 Å². The Morgan fingerprint density at radius 3 is 2.87 bits per heavy atom. The number of pyridine rings is 1. The maximum absolute atomic E-state index is 11.5. The number of fused-ring (bicyclic) bond motifs is 1. The van der Waals surface area contributed by atoms with Gasteiger partial charge in [-0.1, -0.05) is 0 Å². The Hall–Kier alpha value is -1.62. The molecule has 2 heterocycles. The van der Waals surface area contributed by atoms with Gasteiger partial charge in [-0.05, 0) is 18.9 Å². The molecule has 1 aromatic rings. The highest BCUT2D eigenvalue weighted by Crippen LogP contribution is 2.20. The van der Waals surface area contributed by atoms with Crippen molar-refractivity contribution in [3.8, 4) is 0 Å². The van der Waals surface area contributed by atoms with Crippen molar-refractivity contribution in [3.05, 3.63) is 32.7 Å². The first kappa shape index (κ1) is 9.92.